The number of benzene rings is 1. The van der Waals surface area contributed by atoms with Crippen LogP contribution >= 0.6 is 0 Å². The van der Waals surface area contributed by atoms with E-state index in [1.807, 2.05) is 19.1 Å². The summed E-state index contributed by atoms with van der Waals surface area (Å²) in [6.45, 7) is 6.28. The first kappa shape index (κ1) is 19.2. The van der Waals surface area contributed by atoms with E-state index >= 15 is 0 Å². The molecule has 6 heteroatoms. The van der Waals surface area contributed by atoms with Crippen LogP contribution in [0.1, 0.15) is 50.2 Å². The first-order valence-electron chi connectivity index (χ1n) is 9.66. The largest absolute Gasteiger partial charge is 0.357 e. The maximum atomic E-state index is 11.7. The van der Waals surface area contributed by atoms with E-state index in [4.69, 9.17) is 4.99 Å². The minimum absolute atomic E-state index is 0.395. The Labute approximate surface area is 157 Å². The third-order valence-corrected chi connectivity index (χ3v) is 7.06. The molecule has 0 heterocycles. The molecule has 0 saturated heterocycles. The predicted octanol–water partition coefficient (Wildman–Crippen LogP) is 3.03. The number of hydrogen-bond acceptors (Lipinski definition) is 3. The fraction of sp³-hybridized carbons (Fsp3) is 0.650. The van der Waals surface area contributed by atoms with Gasteiger partial charge in [0.05, 0.1) is 11.4 Å². The number of rotatable bonds is 7. The standard InChI is InChI=1S/C20H31N3O2S/c1-4-21-19(23-14-20(10-5-11-20)17-7-8-17)22-13-16-6-9-18(15(2)12-16)26(3,24)25/h6,9,12,17H,4-5,7-8,10-11,13-14H2,1-3H3,(H2,21,22,23). The summed E-state index contributed by atoms with van der Waals surface area (Å²) < 4.78 is 23.5. The fourth-order valence-corrected chi connectivity index (χ4v) is 5.01. The highest BCUT2D eigenvalue weighted by Crippen LogP contribution is 2.56. The number of nitrogens with one attached hydrogen (secondary N) is 2. The van der Waals surface area contributed by atoms with Gasteiger partial charge in [0.25, 0.3) is 0 Å². The van der Waals surface area contributed by atoms with Gasteiger partial charge in [-0.1, -0.05) is 18.6 Å². The van der Waals surface area contributed by atoms with Crippen molar-refractivity contribution >= 4 is 15.8 Å². The Morgan fingerprint density at radius 3 is 2.50 bits per heavy atom. The van der Waals surface area contributed by atoms with E-state index in [-0.39, 0.29) is 0 Å². The van der Waals surface area contributed by atoms with Gasteiger partial charge in [0.2, 0.25) is 0 Å². The first-order chi connectivity index (χ1) is 12.3. The molecular formula is C20H31N3O2S. The lowest BCUT2D eigenvalue weighted by Crippen LogP contribution is -2.47. The van der Waals surface area contributed by atoms with Crippen LogP contribution in [0.25, 0.3) is 0 Å². The summed E-state index contributed by atoms with van der Waals surface area (Å²) in [5, 5.41) is 6.87. The van der Waals surface area contributed by atoms with Crippen LogP contribution in [0.2, 0.25) is 0 Å². The zero-order chi connectivity index (χ0) is 18.8. The van der Waals surface area contributed by atoms with Crippen LogP contribution in [-0.2, 0) is 16.4 Å². The SMILES string of the molecule is CCNC(=NCc1ccc(S(C)(=O)=O)c(C)c1)NCC1(C2CC2)CCC1. The molecule has 26 heavy (non-hydrogen) atoms. The van der Waals surface area contributed by atoms with Gasteiger partial charge in [0, 0.05) is 19.3 Å². The van der Waals surface area contributed by atoms with Crippen molar-refractivity contribution in [2.45, 2.75) is 57.4 Å². The van der Waals surface area contributed by atoms with Gasteiger partial charge < -0.3 is 10.6 Å². The molecule has 0 spiro atoms. The summed E-state index contributed by atoms with van der Waals surface area (Å²) >= 11 is 0. The van der Waals surface area contributed by atoms with Crippen LogP contribution in [0.4, 0.5) is 0 Å². The fourth-order valence-electron chi connectivity index (χ4n) is 4.05. The van der Waals surface area contributed by atoms with E-state index in [1.54, 1.807) is 6.07 Å². The molecule has 0 bridgehead atoms. The molecule has 2 saturated carbocycles. The van der Waals surface area contributed by atoms with Gasteiger partial charge in [-0.05, 0) is 68.1 Å². The van der Waals surface area contributed by atoms with E-state index in [0.29, 0.717) is 16.9 Å². The molecule has 2 aliphatic rings. The van der Waals surface area contributed by atoms with Crippen LogP contribution < -0.4 is 10.6 Å². The predicted molar refractivity (Wildman–Crippen MR) is 106 cm³/mol. The molecular weight excluding hydrogens is 346 g/mol. The highest BCUT2D eigenvalue weighted by molar-refractivity contribution is 7.90. The zero-order valence-electron chi connectivity index (χ0n) is 16.1. The Bertz CT molecular complexity index is 778. The van der Waals surface area contributed by atoms with Crippen molar-refractivity contribution in [2.75, 3.05) is 19.3 Å². The summed E-state index contributed by atoms with van der Waals surface area (Å²) in [7, 11) is -3.17. The highest BCUT2D eigenvalue weighted by atomic mass is 32.2. The Kier molecular flexibility index (Phi) is 5.61. The Morgan fingerprint density at radius 2 is 2.00 bits per heavy atom. The van der Waals surface area contributed by atoms with E-state index < -0.39 is 9.84 Å². The molecule has 0 amide bonds. The topological polar surface area (TPSA) is 70.6 Å². The highest BCUT2D eigenvalue weighted by Gasteiger charge is 2.48. The number of hydrogen-bond donors (Lipinski definition) is 2. The number of aryl methyl sites for hydroxylation is 1. The molecule has 0 aromatic heterocycles. The van der Waals surface area contributed by atoms with E-state index in [1.165, 1.54) is 38.4 Å². The van der Waals surface area contributed by atoms with Crippen LogP contribution in [0.15, 0.2) is 28.1 Å². The Balaban J connectivity index is 1.64. The van der Waals surface area contributed by atoms with Crippen molar-refractivity contribution < 1.29 is 8.42 Å². The van der Waals surface area contributed by atoms with Gasteiger partial charge >= 0.3 is 0 Å². The second kappa shape index (κ2) is 7.59. The van der Waals surface area contributed by atoms with Crippen molar-refractivity contribution in [3.63, 3.8) is 0 Å². The number of guanidine groups is 1. The van der Waals surface area contributed by atoms with Crippen LogP contribution in [0.3, 0.4) is 0 Å². The third kappa shape index (κ3) is 4.40. The van der Waals surface area contributed by atoms with Crippen molar-refractivity contribution in [1.82, 2.24) is 10.6 Å². The molecule has 3 rings (SSSR count). The van der Waals surface area contributed by atoms with E-state index in [0.717, 1.165) is 36.1 Å². The summed E-state index contributed by atoms with van der Waals surface area (Å²) in [4.78, 5) is 5.10. The molecule has 1 aromatic carbocycles. The molecule has 144 valence electrons. The summed E-state index contributed by atoms with van der Waals surface area (Å²) in [5.74, 6) is 1.77. The zero-order valence-corrected chi connectivity index (χ0v) is 17.0. The van der Waals surface area contributed by atoms with Crippen LogP contribution in [0, 0.1) is 18.3 Å². The normalized spacial score (nSPS) is 19.7. The molecule has 2 aliphatic carbocycles. The minimum Gasteiger partial charge on any atom is -0.357 e. The maximum absolute atomic E-state index is 11.7. The molecule has 2 fully saturated rings. The second-order valence-electron chi connectivity index (χ2n) is 7.91. The summed E-state index contributed by atoms with van der Waals surface area (Å²) in [5.41, 5.74) is 2.30. The maximum Gasteiger partial charge on any atom is 0.191 e. The molecule has 0 unspecified atom stereocenters. The van der Waals surface area contributed by atoms with Gasteiger partial charge in [-0.25, -0.2) is 13.4 Å². The smallest absolute Gasteiger partial charge is 0.191 e. The molecule has 0 aliphatic heterocycles. The van der Waals surface area contributed by atoms with Crippen molar-refractivity contribution in [3.05, 3.63) is 29.3 Å². The van der Waals surface area contributed by atoms with E-state index in [2.05, 4.69) is 17.6 Å². The summed E-state index contributed by atoms with van der Waals surface area (Å²) in [6.07, 6.45) is 8.07. The van der Waals surface area contributed by atoms with Crippen molar-refractivity contribution in [1.29, 1.82) is 0 Å². The summed E-state index contributed by atoms with van der Waals surface area (Å²) in [6, 6.07) is 5.46. The molecule has 1 aromatic rings. The van der Waals surface area contributed by atoms with Crippen LogP contribution in [0.5, 0.6) is 0 Å². The van der Waals surface area contributed by atoms with Crippen molar-refractivity contribution in [3.8, 4) is 0 Å². The lowest BCUT2D eigenvalue weighted by atomic mass is 9.65. The van der Waals surface area contributed by atoms with Gasteiger partial charge in [-0.15, -0.1) is 0 Å². The van der Waals surface area contributed by atoms with Gasteiger partial charge in [0.1, 0.15) is 0 Å². The van der Waals surface area contributed by atoms with Gasteiger partial charge in [-0.2, -0.15) is 0 Å². The molecule has 0 radical (unpaired) electrons. The van der Waals surface area contributed by atoms with Crippen molar-refractivity contribution in [2.24, 2.45) is 16.3 Å². The Morgan fingerprint density at radius 1 is 1.27 bits per heavy atom. The van der Waals surface area contributed by atoms with Crippen LogP contribution in [-0.4, -0.2) is 33.7 Å². The molecule has 2 N–H and O–H groups in total. The van der Waals surface area contributed by atoms with E-state index in [9.17, 15) is 8.42 Å². The van der Waals surface area contributed by atoms with Gasteiger partial charge in [0.15, 0.2) is 15.8 Å². The number of aliphatic imine (C=N–C) groups is 1. The lowest BCUT2D eigenvalue weighted by molar-refractivity contribution is 0.106. The quantitative estimate of drug-likeness (QED) is 0.566. The number of sulfone groups is 1. The monoisotopic (exact) mass is 377 g/mol. The lowest BCUT2D eigenvalue weighted by Gasteiger charge is -2.43. The van der Waals surface area contributed by atoms with Gasteiger partial charge in [-0.3, -0.25) is 0 Å². The first-order valence-corrected chi connectivity index (χ1v) is 11.5. The second-order valence-corrected chi connectivity index (χ2v) is 9.90. The molecule has 5 nitrogen and oxygen atoms in total. The molecule has 0 atom stereocenters. The third-order valence-electron chi connectivity index (χ3n) is 5.80. The number of nitrogens with zero attached hydrogens (tertiary/aromatic N) is 1. The Hall–Kier alpha value is -1.56. The minimum atomic E-state index is -3.17. The average Bonchev–Trinajstić information content (AvgIpc) is 3.35. The average molecular weight is 378 g/mol.